The summed E-state index contributed by atoms with van der Waals surface area (Å²) in [6, 6.07) is 9.05. The van der Waals surface area contributed by atoms with E-state index < -0.39 is 0 Å². The Bertz CT molecular complexity index is 371. The van der Waals surface area contributed by atoms with Crippen LogP contribution in [0.3, 0.4) is 0 Å². The Morgan fingerprint density at radius 2 is 1.72 bits per heavy atom. The topological polar surface area (TPSA) is 21.3 Å². The second-order valence-electron chi connectivity index (χ2n) is 4.78. The maximum absolute atomic E-state index is 6.09. The minimum absolute atomic E-state index is 0.332. The van der Waals surface area contributed by atoms with Crippen molar-refractivity contribution in [3.8, 4) is 5.75 Å². The molecule has 3 rings (SSSR count). The van der Waals surface area contributed by atoms with Crippen molar-refractivity contribution in [2.24, 2.45) is 0 Å². The minimum atomic E-state index is 0.332. The number of piperidine rings is 1. The summed E-state index contributed by atoms with van der Waals surface area (Å²) in [6.45, 7) is 4.00. The summed E-state index contributed by atoms with van der Waals surface area (Å²) in [5.41, 5.74) is 0. The SMILES string of the molecule is CC.Clc1ccccc1OC1CC2CCC(C1)N2. The minimum Gasteiger partial charge on any atom is -0.489 e. The number of hydrogen-bond donors (Lipinski definition) is 1. The molecule has 2 unspecified atom stereocenters. The molecule has 0 saturated carbocycles. The fourth-order valence-corrected chi connectivity index (χ4v) is 3.00. The van der Waals surface area contributed by atoms with Crippen LogP contribution in [0.1, 0.15) is 39.5 Å². The van der Waals surface area contributed by atoms with Crippen molar-refractivity contribution in [1.82, 2.24) is 5.32 Å². The van der Waals surface area contributed by atoms with E-state index in [9.17, 15) is 0 Å². The van der Waals surface area contributed by atoms with Crippen molar-refractivity contribution >= 4 is 11.6 Å². The standard InChI is InChI=1S/C13H16ClNO.C2H6/c14-12-3-1-2-4-13(12)16-11-7-9-5-6-10(8-11)15-9;1-2/h1-4,9-11,15H,5-8H2;1-2H3. The Labute approximate surface area is 115 Å². The fourth-order valence-electron chi connectivity index (χ4n) is 2.82. The average molecular weight is 268 g/mol. The molecule has 18 heavy (non-hydrogen) atoms. The van der Waals surface area contributed by atoms with Gasteiger partial charge in [-0.05, 0) is 37.8 Å². The molecule has 1 aromatic rings. The van der Waals surface area contributed by atoms with Gasteiger partial charge in [0.05, 0.1) is 5.02 Å². The van der Waals surface area contributed by atoms with Crippen LogP contribution in [0.2, 0.25) is 5.02 Å². The summed E-state index contributed by atoms with van der Waals surface area (Å²) < 4.78 is 5.99. The molecular formula is C15H22ClNO. The molecular weight excluding hydrogens is 246 g/mol. The quantitative estimate of drug-likeness (QED) is 0.874. The number of benzene rings is 1. The molecule has 1 aromatic carbocycles. The molecule has 2 fully saturated rings. The number of fused-ring (bicyclic) bond motifs is 2. The first-order valence-electron chi connectivity index (χ1n) is 6.98. The van der Waals surface area contributed by atoms with Crippen LogP contribution in [-0.4, -0.2) is 18.2 Å². The van der Waals surface area contributed by atoms with Gasteiger partial charge in [0.1, 0.15) is 11.9 Å². The van der Waals surface area contributed by atoms with Gasteiger partial charge in [-0.25, -0.2) is 0 Å². The number of nitrogens with one attached hydrogen (secondary N) is 1. The zero-order chi connectivity index (χ0) is 13.0. The first-order chi connectivity index (χ1) is 8.81. The smallest absolute Gasteiger partial charge is 0.138 e. The lowest BCUT2D eigenvalue weighted by Crippen LogP contribution is -2.42. The summed E-state index contributed by atoms with van der Waals surface area (Å²) in [5, 5.41) is 4.32. The number of rotatable bonds is 2. The van der Waals surface area contributed by atoms with E-state index in [0.29, 0.717) is 23.2 Å². The average Bonchev–Trinajstić information content (AvgIpc) is 2.74. The summed E-state index contributed by atoms with van der Waals surface area (Å²) in [5.74, 6) is 0.829. The van der Waals surface area contributed by atoms with Crippen LogP contribution in [0.25, 0.3) is 0 Å². The Morgan fingerprint density at radius 1 is 1.11 bits per heavy atom. The molecule has 2 bridgehead atoms. The van der Waals surface area contributed by atoms with Crippen LogP contribution >= 0.6 is 11.6 Å². The number of hydrogen-bond acceptors (Lipinski definition) is 2. The number of ether oxygens (including phenoxy) is 1. The van der Waals surface area contributed by atoms with Crippen LogP contribution in [0, 0.1) is 0 Å². The molecule has 3 heteroatoms. The third-order valence-electron chi connectivity index (χ3n) is 3.56. The van der Waals surface area contributed by atoms with E-state index in [1.54, 1.807) is 0 Å². The molecule has 2 nitrogen and oxygen atoms in total. The number of para-hydroxylation sites is 1. The first-order valence-corrected chi connectivity index (χ1v) is 7.36. The van der Waals surface area contributed by atoms with Gasteiger partial charge in [0.2, 0.25) is 0 Å². The van der Waals surface area contributed by atoms with Gasteiger partial charge in [0.25, 0.3) is 0 Å². The van der Waals surface area contributed by atoms with Gasteiger partial charge in [0, 0.05) is 12.1 Å². The van der Waals surface area contributed by atoms with Gasteiger partial charge < -0.3 is 10.1 Å². The maximum atomic E-state index is 6.09. The zero-order valence-corrected chi connectivity index (χ0v) is 11.9. The molecule has 0 aromatic heterocycles. The van der Waals surface area contributed by atoms with Gasteiger partial charge in [-0.1, -0.05) is 37.6 Å². The van der Waals surface area contributed by atoms with E-state index in [1.807, 2.05) is 38.1 Å². The molecule has 1 N–H and O–H groups in total. The van der Waals surface area contributed by atoms with E-state index in [4.69, 9.17) is 16.3 Å². The summed E-state index contributed by atoms with van der Waals surface area (Å²) >= 11 is 6.09. The molecule has 2 heterocycles. The molecule has 2 saturated heterocycles. The lowest BCUT2D eigenvalue weighted by atomic mass is 10.0. The molecule has 2 aliphatic rings. The highest BCUT2D eigenvalue weighted by atomic mass is 35.5. The maximum Gasteiger partial charge on any atom is 0.138 e. The lowest BCUT2D eigenvalue weighted by molar-refractivity contribution is 0.137. The van der Waals surface area contributed by atoms with Crippen LogP contribution < -0.4 is 10.1 Å². The molecule has 0 amide bonds. The fraction of sp³-hybridized carbons (Fsp3) is 0.600. The van der Waals surface area contributed by atoms with E-state index in [2.05, 4.69) is 5.32 Å². The van der Waals surface area contributed by atoms with Crippen molar-refractivity contribution in [3.05, 3.63) is 29.3 Å². The summed E-state index contributed by atoms with van der Waals surface area (Å²) in [4.78, 5) is 0. The van der Waals surface area contributed by atoms with E-state index >= 15 is 0 Å². The zero-order valence-electron chi connectivity index (χ0n) is 11.2. The largest absolute Gasteiger partial charge is 0.489 e. The van der Waals surface area contributed by atoms with Crippen LogP contribution in [0.5, 0.6) is 5.75 Å². The van der Waals surface area contributed by atoms with Crippen molar-refractivity contribution < 1.29 is 4.74 Å². The van der Waals surface area contributed by atoms with Gasteiger partial charge in [0.15, 0.2) is 0 Å². The van der Waals surface area contributed by atoms with E-state index in [0.717, 1.165) is 18.6 Å². The lowest BCUT2D eigenvalue weighted by Gasteiger charge is -2.29. The highest BCUT2D eigenvalue weighted by Crippen LogP contribution is 2.32. The van der Waals surface area contributed by atoms with Crippen LogP contribution in [0.4, 0.5) is 0 Å². The Hall–Kier alpha value is -0.730. The normalized spacial score (nSPS) is 29.4. The Kier molecular flexibility index (Phi) is 4.90. The second-order valence-corrected chi connectivity index (χ2v) is 5.19. The Balaban J connectivity index is 0.000000574. The van der Waals surface area contributed by atoms with Crippen LogP contribution in [0.15, 0.2) is 24.3 Å². The van der Waals surface area contributed by atoms with Crippen molar-refractivity contribution in [1.29, 1.82) is 0 Å². The van der Waals surface area contributed by atoms with Gasteiger partial charge >= 0.3 is 0 Å². The van der Waals surface area contributed by atoms with Crippen molar-refractivity contribution in [2.75, 3.05) is 0 Å². The van der Waals surface area contributed by atoms with Gasteiger partial charge in [-0.2, -0.15) is 0 Å². The van der Waals surface area contributed by atoms with Gasteiger partial charge in [-0.15, -0.1) is 0 Å². The number of halogens is 1. The first kappa shape index (κ1) is 13.7. The van der Waals surface area contributed by atoms with E-state index in [-0.39, 0.29) is 0 Å². The molecule has 0 spiro atoms. The summed E-state index contributed by atoms with van der Waals surface area (Å²) in [7, 11) is 0. The van der Waals surface area contributed by atoms with Crippen molar-refractivity contribution in [3.63, 3.8) is 0 Å². The molecule has 2 atom stereocenters. The highest BCUT2D eigenvalue weighted by Gasteiger charge is 2.34. The molecule has 0 radical (unpaired) electrons. The predicted octanol–water partition coefficient (Wildman–Crippen LogP) is 4.03. The third-order valence-corrected chi connectivity index (χ3v) is 3.87. The van der Waals surface area contributed by atoms with Crippen molar-refractivity contribution in [2.45, 2.75) is 57.7 Å². The van der Waals surface area contributed by atoms with E-state index in [1.165, 1.54) is 12.8 Å². The second kappa shape index (κ2) is 6.44. The molecule has 0 aliphatic carbocycles. The highest BCUT2D eigenvalue weighted by molar-refractivity contribution is 6.32. The van der Waals surface area contributed by atoms with Gasteiger partial charge in [-0.3, -0.25) is 0 Å². The van der Waals surface area contributed by atoms with Crippen LogP contribution in [-0.2, 0) is 0 Å². The third kappa shape index (κ3) is 3.18. The molecule has 100 valence electrons. The monoisotopic (exact) mass is 267 g/mol. The summed E-state index contributed by atoms with van der Waals surface area (Å²) in [6.07, 6.45) is 5.16. The predicted molar refractivity (Wildman–Crippen MR) is 76.4 cm³/mol. The molecule has 2 aliphatic heterocycles. The Morgan fingerprint density at radius 3 is 2.33 bits per heavy atom.